The molecule has 5 rings (SSSR count). The molecule has 2 aromatic carbocycles. The Kier molecular flexibility index (Phi) is 5.55. The Balaban J connectivity index is 1.25. The summed E-state index contributed by atoms with van der Waals surface area (Å²) in [5.74, 6) is 1.17. The second kappa shape index (κ2) is 8.81. The molecule has 0 saturated carbocycles. The van der Waals surface area contributed by atoms with Crippen LogP contribution in [-0.4, -0.2) is 48.0 Å². The summed E-state index contributed by atoms with van der Waals surface area (Å²) in [5.41, 5.74) is 1.05. The molecule has 4 aromatic rings. The van der Waals surface area contributed by atoms with E-state index in [9.17, 15) is 10.1 Å². The summed E-state index contributed by atoms with van der Waals surface area (Å²) in [5, 5.41) is 14.7. The Bertz CT molecular complexity index is 1310. The molecule has 3 heterocycles. The van der Waals surface area contributed by atoms with Crippen LogP contribution in [0.4, 0.5) is 11.6 Å². The van der Waals surface area contributed by atoms with E-state index < -0.39 is 0 Å². The van der Waals surface area contributed by atoms with Gasteiger partial charge in [0.25, 0.3) is 5.89 Å². The summed E-state index contributed by atoms with van der Waals surface area (Å²) in [6, 6.07) is 19.2. The van der Waals surface area contributed by atoms with Gasteiger partial charge in [-0.3, -0.25) is 9.69 Å². The molecule has 0 aliphatic carbocycles. The van der Waals surface area contributed by atoms with Gasteiger partial charge in [0.2, 0.25) is 17.5 Å². The van der Waals surface area contributed by atoms with E-state index in [4.69, 9.17) is 8.83 Å². The largest absolute Gasteiger partial charge is 0.459 e. The molecule has 1 unspecified atom stereocenters. The summed E-state index contributed by atoms with van der Waals surface area (Å²) >= 11 is 0. The van der Waals surface area contributed by atoms with Gasteiger partial charge in [-0.1, -0.05) is 36.4 Å². The fourth-order valence-electron chi connectivity index (χ4n) is 4.15. The molecule has 1 N–H and O–H groups in total. The fourth-order valence-corrected chi connectivity index (χ4v) is 4.15. The fraction of sp³-hybridized carbons (Fsp3) is 0.240. The molecule has 8 nitrogen and oxygen atoms in total. The lowest BCUT2D eigenvalue weighted by Gasteiger charge is -2.37. The summed E-state index contributed by atoms with van der Waals surface area (Å²) in [6.07, 6.45) is 1.54. The highest BCUT2D eigenvalue weighted by Crippen LogP contribution is 2.29. The second-order valence-electron chi connectivity index (χ2n) is 7.98. The van der Waals surface area contributed by atoms with Gasteiger partial charge < -0.3 is 19.1 Å². The van der Waals surface area contributed by atoms with Crippen LogP contribution in [0.15, 0.2) is 69.7 Å². The van der Waals surface area contributed by atoms with Crippen LogP contribution in [0, 0.1) is 11.3 Å². The van der Waals surface area contributed by atoms with E-state index >= 15 is 0 Å². The number of aromatic nitrogens is 1. The first-order valence-electron chi connectivity index (χ1n) is 10.9. The molecular formula is C25H23N5O3. The van der Waals surface area contributed by atoms with Crippen LogP contribution in [0.5, 0.6) is 0 Å². The standard InChI is InChI=1S/C25H23N5O3/c1-17(23(31)27-20-9-4-7-18-6-2-3-8-19(18)20)29-11-13-30(14-12-29)25-21(16-26)28-24(33-25)22-10-5-15-32-22/h2-10,15,17H,11-14H2,1H3,(H,27,31). The number of hydrogen-bond donors (Lipinski definition) is 1. The van der Waals surface area contributed by atoms with Crippen LogP contribution in [-0.2, 0) is 4.79 Å². The topological polar surface area (TPSA) is 98.5 Å². The first kappa shape index (κ1) is 20.8. The van der Waals surface area contributed by atoms with Gasteiger partial charge in [0.05, 0.1) is 12.3 Å². The minimum absolute atomic E-state index is 0.0442. The monoisotopic (exact) mass is 441 g/mol. The molecule has 0 spiro atoms. The predicted octanol–water partition coefficient (Wildman–Crippen LogP) is 4.11. The van der Waals surface area contributed by atoms with E-state index in [1.165, 1.54) is 6.26 Å². The third-order valence-electron chi connectivity index (χ3n) is 6.02. The maximum Gasteiger partial charge on any atom is 0.266 e. The molecule has 0 bridgehead atoms. The van der Waals surface area contributed by atoms with Crippen LogP contribution in [0.2, 0.25) is 0 Å². The molecule has 1 saturated heterocycles. The normalized spacial score (nSPS) is 15.3. The van der Waals surface area contributed by atoms with Gasteiger partial charge in [0, 0.05) is 37.3 Å². The van der Waals surface area contributed by atoms with Crippen molar-refractivity contribution in [2.75, 3.05) is 36.4 Å². The number of amides is 1. The molecule has 1 aliphatic heterocycles. The van der Waals surface area contributed by atoms with Crippen LogP contribution in [0.1, 0.15) is 12.6 Å². The molecule has 1 amide bonds. The number of nitrogens with one attached hydrogen (secondary N) is 1. The molecule has 1 aliphatic rings. The molecular weight excluding hydrogens is 418 g/mol. The summed E-state index contributed by atoms with van der Waals surface area (Å²) in [7, 11) is 0. The highest BCUT2D eigenvalue weighted by Gasteiger charge is 2.29. The zero-order valence-corrected chi connectivity index (χ0v) is 18.2. The average molecular weight is 441 g/mol. The molecule has 0 radical (unpaired) electrons. The zero-order chi connectivity index (χ0) is 22.8. The lowest BCUT2D eigenvalue weighted by Crippen LogP contribution is -2.52. The number of fused-ring (bicyclic) bond motifs is 1. The number of nitrogens with zero attached hydrogens (tertiary/aromatic N) is 4. The number of benzene rings is 2. The predicted molar refractivity (Wildman–Crippen MR) is 125 cm³/mol. The van der Waals surface area contributed by atoms with Crippen molar-refractivity contribution >= 4 is 28.3 Å². The number of carbonyl (C=O) groups excluding carboxylic acids is 1. The van der Waals surface area contributed by atoms with Crippen LogP contribution in [0.25, 0.3) is 22.4 Å². The van der Waals surface area contributed by atoms with E-state index in [1.54, 1.807) is 12.1 Å². The Hall–Kier alpha value is -4.09. The SMILES string of the molecule is CC(C(=O)Nc1cccc2ccccc12)N1CCN(c2oc(-c3ccco3)nc2C#N)CC1. The number of rotatable bonds is 5. The smallest absolute Gasteiger partial charge is 0.266 e. The number of oxazole rings is 1. The minimum Gasteiger partial charge on any atom is -0.459 e. The van der Waals surface area contributed by atoms with E-state index in [2.05, 4.69) is 21.3 Å². The summed E-state index contributed by atoms with van der Waals surface area (Å²) in [4.78, 5) is 21.4. The molecule has 166 valence electrons. The molecule has 2 aromatic heterocycles. The Morgan fingerprint density at radius 1 is 1.09 bits per heavy atom. The second-order valence-corrected chi connectivity index (χ2v) is 7.98. The van der Waals surface area contributed by atoms with Crippen molar-refractivity contribution in [1.82, 2.24) is 9.88 Å². The first-order valence-corrected chi connectivity index (χ1v) is 10.9. The lowest BCUT2D eigenvalue weighted by atomic mass is 10.1. The van der Waals surface area contributed by atoms with Gasteiger partial charge in [0.1, 0.15) is 6.07 Å². The maximum absolute atomic E-state index is 13.0. The van der Waals surface area contributed by atoms with E-state index in [-0.39, 0.29) is 23.5 Å². The number of nitriles is 1. The first-order chi connectivity index (χ1) is 16.1. The average Bonchev–Trinajstić information content (AvgIpc) is 3.54. The summed E-state index contributed by atoms with van der Waals surface area (Å²) < 4.78 is 11.2. The Morgan fingerprint density at radius 3 is 2.64 bits per heavy atom. The van der Waals surface area contributed by atoms with Crippen molar-refractivity contribution in [3.8, 4) is 17.7 Å². The molecule has 33 heavy (non-hydrogen) atoms. The molecule has 1 atom stereocenters. The third-order valence-corrected chi connectivity index (χ3v) is 6.02. The van der Waals surface area contributed by atoms with Gasteiger partial charge in [-0.25, -0.2) is 0 Å². The molecule has 1 fully saturated rings. The maximum atomic E-state index is 13.0. The van der Waals surface area contributed by atoms with Gasteiger partial charge in [-0.15, -0.1) is 0 Å². The molecule has 8 heteroatoms. The van der Waals surface area contributed by atoms with Gasteiger partial charge >= 0.3 is 0 Å². The number of anilines is 2. The van der Waals surface area contributed by atoms with Crippen molar-refractivity contribution in [3.63, 3.8) is 0 Å². The van der Waals surface area contributed by atoms with Crippen LogP contribution in [0.3, 0.4) is 0 Å². The Labute approximate surface area is 191 Å². The third kappa shape index (κ3) is 4.06. The number of piperazine rings is 1. The van der Waals surface area contributed by atoms with Gasteiger partial charge in [-0.2, -0.15) is 10.2 Å². The van der Waals surface area contributed by atoms with E-state index in [1.807, 2.05) is 54.3 Å². The van der Waals surface area contributed by atoms with Gasteiger partial charge in [0.15, 0.2) is 5.76 Å². The zero-order valence-electron chi connectivity index (χ0n) is 18.2. The highest BCUT2D eigenvalue weighted by molar-refractivity contribution is 6.03. The van der Waals surface area contributed by atoms with Crippen LogP contribution < -0.4 is 10.2 Å². The van der Waals surface area contributed by atoms with Crippen LogP contribution >= 0.6 is 0 Å². The minimum atomic E-state index is -0.296. The lowest BCUT2D eigenvalue weighted by molar-refractivity contribution is -0.120. The van der Waals surface area contributed by atoms with Crippen molar-refractivity contribution in [3.05, 3.63) is 66.6 Å². The van der Waals surface area contributed by atoms with Crippen molar-refractivity contribution in [2.45, 2.75) is 13.0 Å². The highest BCUT2D eigenvalue weighted by atomic mass is 16.4. The number of furan rings is 1. The van der Waals surface area contributed by atoms with Gasteiger partial charge in [-0.05, 0) is 30.5 Å². The number of hydrogen-bond acceptors (Lipinski definition) is 7. The van der Waals surface area contributed by atoms with E-state index in [0.717, 1.165) is 16.5 Å². The quantitative estimate of drug-likeness (QED) is 0.498. The Morgan fingerprint density at radius 2 is 1.88 bits per heavy atom. The number of carbonyl (C=O) groups is 1. The summed E-state index contributed by atoms with van der Waals surface area (Å²) in [6.45, 7) is 4.47. The van der Waals surface area contributed by atoms with E-state index in [0.29, 0.717) is 37.8 Å². The van der Waals surface area contributed by atoms with Crippen molar-refractivity contribution in [1.29, 1.82) is 5.26 Å². The van der Waals surface area contributed by atoms with Crippen molar-refractivity contribution in [2.24, 2.45) is 0 Å². The van der Waals surface area contributed by atoms with Crippen molar-refractivity contribution < 1.29 is 13.6 Å².